The zero-order valence-corrected chi connectivity index (χ0v) is 13.1. The minimum atomic E-state index is -2.18. The Kier molecular flexibility index (Phi) is 6.21. The fourth-order valence-electron chi connectivity index (χ4n) is 2.59. The molecule has 19 heavy (non-hydrogen) atoms. The second-order valence-electron chi connectivity index (χ2n) is 5.10. The quantitative estimate of drug-likeness (QED) is 0.613. The summed E-state index contributed by atoms with van der Waals surface area (Å²) < 4.78 is 22.5. The Labute approximate surface area is 116 Å². The molecular formula is C12H26N2O4Si. The molecule has 0 spiro atoms. The smallest absolute Gasteiger partial charge is 0.366 e. The molecule has 2 heterocycles. The lowest BCUT2D eigenvalue weighted by Crippen LogP contribution is -2.61. The fourth-order valence-corrected chi connectivity index (χ4v) is 5.37. The van der Waals surface area contributed by atoms with Crippen molar-refractivity contribution in [2.75, 3.05) is 79.2 Å². The van der Waals surface area contributed by atoms with Gasteiger partial charge in [0, 0.05) is 52.7 Å². The lowest BCUT2D eigenvalue weighted by Gasteiger charge is -2.38. The van der Waals surface area contributed by atoms with Crippen LogP contribution in [-0.2, 0) is 18.3 Å². The molecule has 2 aliphatic heterocycles. The van der Waals surface area contributed by atoms with Crippen molar-refractivity contribution >= 4 is 8.56 Å². The maximum absolute atomic E-state index is 5.84. The molecule has 6 nitrogen and oxygen atoms in total. The molecule has 2 rings (SSSR count). The van der Waals surface area contributed by atoms with E-state index in [1.807, 2.05) is 0 Å². The van der Waals surface area contributed by atoms with Gasteiger partial charge < -0.3 is 18.3 Å². The van der Waals surface area contributed by atoms with Crippen LogP contribution >= 0.6 is 0 Å². The van der Waals surface area contributed by atoms with E-state index in [1.165, 1.54) is 0 Å². The standard InChI is InChI=1S/C12H26N2O4Si/c1-15-19(16-2,11-13-3-7-17-8-4-13)12-14-5-9-18-10-6-14/h3-12H2,1-2H3. The molecule has 0 aliphatic carbocycles. The van der Waals surface area contributed by atoms with E-state index < -0.39 is 8.56 Å². The minimum absolute atomic E-state index is 0.815. The van der Waals surface area contributed by atoms with Gasteiger partial charge in [-0.25, -0.2) is 0 Å². The van der Waals surface area contributed by atoms with Crippen LogP contribution in [0.25, 0.3) is 0 Å². The molecule has 2 fully saturated rings. The maximum atomic E-state index is 5.84. The van der Waals surface area contributed by atoms with Gasteiger partial charge in [0.2, 0.25) is 0 Å². The number of morpholine rings is 2. The number of ether oxygens (including phenoxy) is 2. The highest BCUT2D eigenvalue weighted by Crippen LogP contribution is 2.13. The Morgan fingerprint density at radius 3 is 1.47 bits per heavy atom. The second-order valence-corrected chi connectivity index (χ2v) is 8.37. The van der Waals surface area contributed by atoms with Gasteiger partial charge in [-0.15, -0.1) is 0 Å². The summed E-state index contributed by atoms with van der Waals surface area (Å²) >= 11 is 0. The third-order valence-electron chi connectivity index (χ3n) is 3.88. The number of hydrogen-bond acceptors (Lipinski definition) is 6. The Morgan fingerprint density at radius 2 is 1.16 bits per heavy atom. The van der Waals surface area contributed by atoms with Gasteiger partial charge in [0.15, 0.2) is 0 Å². The highest BCUT2D eigenvalue weighted by atomic mass is 28.4. The van der Waals surface area contributed by atoms with Crippen molar-refractivity contribution in [1.82, 2.24) is 9.80 Å². The molecule has 0 bridgehead atoms. The van der Waals surface area contributed by atoms with E-state index in [1.54, 1.807) is 14.2 Å². The normalized spacial score (nSPS) is 23.7. The zero-order chi connectivity index (χ0) is 13.6. The van der Waals surface area contributed by atoms with Crippen molar-refractivity contribution in [1.29, 1.82) is 0 Å². The molecule has 0 unspecified atom stereocenters. The average molecular weight is 290 g/mol. The summed E-state index contributed by atoms with van der Waals surface area (Å²) in [6.07, 6.45) is 1.83. The molecule has 0 aromatic rings. The van der Waals surface area contributed by atoms with Gasteiger partial charge in [0.25, 0.3) is 0 Å². The van der Waals surface area contributed by atoms with Crippen molar-refractivity contribution in [3.05, 3.63) is 0 Å². The van der Waals surface area contributed by atoms with Crippen molar-refractivity contribution < 1.29 is 18.3 Å². The van der Waals surface area contributed by atoms with Gasteiger partial charge in [0.05, 0.1) is 26.4 Å². The Balaban J connectivity index is 1.90. The van der Waals surface area contributed by atoms with Crippen molar-refractivity contribution in [2.45, 2.75) is 0 Å². The summed E-state index contributed by atoms with van der Waals surface area (Å²) in [5.74, 6) is 0. The molecule has 0 amide bonds. The lowest BCUT2D eigenvalue weighted by atomic mass is 10.5. The van der Waals surface area contributed by atoms with Gasteiger partial charge in [-0.1, -0.05) is 0 Å². The molecule has 0 aromatic heterocycles. The third-order valence-corrected chi connectivity index (χ3v) is 7.23. The number of rotatable bonds is 6. The molecule has 2 aliphatic rings. The highest BCUT2D eigenvalue weighted by Gasteiger charge is 2.40. The van der Waals surface area contributed by atoms with Gasteiger partial charge in [-0.3, -0.25) is 9.80 Å². The van der Waals surface area contributed by atoms with E-state index in [2.05, 4.69) is 9.80 Å². The summed E-state index contributed by atoms with van der Waals surface area (Å²) in [5.41, 5.74) is 0. The van der Waals surface area contributed by atoms with E-state index >= 15 is 0 Å². The van der Waals surface area contributed by atoms with Gasteiger partial charge in [-0.2, -0.15) is 0 Å². The lowest BCUT2D eigenvalue weighted by molar-refractivity contribution is 0.0297. The summed E-state index contributed by atoms with van der Waals surface area (Å²) in [6, 6.07) is 0. The molecule has 7 heteroatoms. The monoisotopic (exact) mass is 290 g/mol. The first-order valence-corrected chi connectivity index (χ1v) is 9.21. The van der Waals surface area contributed by atoms with Crippen LogP contribution in [0.1, 0.15) is 0 Å². The average Bonchev–Trinajstić information content (AvgIpc) is 2.48. The van der Waals surface area contributed by atoms with Crippen molar-refractivity contribution in [3.8, 4) is 0 Å². The maximum Gasteiger partial charge on any atom is 0.366 e. The summed E-state index contributed by atoms with van der Waals surface area (Å²) in [5, 5.41) is 0. The first-order valence-electron chi connectivity index (χ1n) is 6.98. The van der Waals surface area contributed by atoms with Crippen LogP contribution in [-0.4, -0.2) is 97.5 Å². The Bertz CT molecular complexity index is 232. The van der Waals surface area contributed by atoms with Crippen LogP contribution in [0.3, 0.4) is 0 Å². The number of hydrogen-bond donors (Lipinski definition) is 0. The summed E-state index contributed by atoms with van der Waals surface area (Å²) in [7, 11) is 1.40. The van der Waals surface area contributed by atoms with Crippen LogP contribution < -0.4 is 0 Å². The SMILES string of the molecule is CO[Si](CN1CCOCC1)(CN1CCOCC1)OC. The van der Waals surface area contributed by atoms with Gasteiger partial charge in [-0.05, 0) is 0 Å². The van der Waals surface area contributed by atoms with Gasteiger partial charge >= 0.3 is 8.56 Å². The predicted molar refractivity (Wildman–Crippen MR) is 74.3 cm³/mol. The van der Waals surface area contributed by atoms with Crippen LogP contribution in [0.4, 0.5) is 0 Å². The molecule has 0 atom stereocenters. The Hall–Kier alpha value is -0.0231. The van der Waals surface area contributed by atoms with E-state index in [0.717, 1.165) is 64.9 Å². The van der Waals surface area contributed by atoms with E-state index in [-0.39, 0.29) is 0 Å². The first-order chi connectivity index (χ1) is 9.28. The highest BCUT2D eigenvalue weighted by molar-refractivity contribution is 6.67. The van der Waals surface area contributed by atoms with Crippen LogP contribution in [0, 0.1) is 0 Å². The minimum Gasteiger partial charge on any atom is -0.396 e. The van der Waals surface area contributed by atoms with Crippen LogP contribution in [0.15, 0.2) is 0 Å². The van der Waals surface area contributed by atoms with E-state index in [0.29, 0.717) is 0 Å². The molecule has 0 N–H and O–H groups in total. The third kappa shape index (κ3) is 4.49. The zero-order valence-electron chi connectivity index (χ0n) is 12.1. The predicted octanol–water partition coefficient (Wildman–Crippen LogP) is -0.536. The second kappa shape index (κ2) is 7.68. The van der Waals surface area contributed by atoms with Gasteiger partial charge in [0.1, 0.15) is 0 Å². The first kappa shape index (κ1) is 15.4. The largest absolute Gasteiger partial charge is 0.396 e. The molecule has 112 valence electrons. The fraction of sp³-hybridized carbons (Fsp3) is 1.00. The Morgan fingerprint density at radius 1 is 0.789 bits per heavy atom. The number of nitrogens with zero attached hydrogens (tertiary/aromatic N) is 2. The summed E-state index contributed by atoms with van der Waals surface area (Å²) in [4.78, 5) is 4.81. The van der Waals surface area contributed by atoms with Crippen LogP contribution in [0.2, 0.25) is 0 Å². The molecule has 0 aromatic carbocycles. The molecule has 2 saturated heterocycles. The molecular weight excluding hydrogens is 264 g/mol. The topological polar surface area (TPSA) is 43.4 Å². The van der Waals surface area contributed by atoms with Crippen LogP contribution in [0.5, 0.6) is 0 Å². The van der Waals surface area contributed by atoms with E-state index in [4.69, 9.17) is 18.3 Å². The molecule has 0 saturated carbocycles. The van der Waals surface area contributed by atoms with Crippen molar-refractivity contribution in [3.63, 3.8) is 0 Å². The van der Waals surface area contributed by atoms with Crippen molar-refractivity contribution in [2.24, 2.45) is 0 Å². The molecule has 0 radical (unpaired) electrons. The summed E-state index contributed by atoms with van der Waals surface area (Å²) in [6.45, 7) is 7.17. The van der Waals surface area contributed by atoms with E-state index in [9.17, 15) is 0 Å².